The molecule has 3 aromatic rings. The van der Waals surface area contributed by atoms with Crippen LogP contribution in [0.2, 0.25) is 0 Å². The molecule has 37 heavy (non-hydrogen) atoms. The summed E-state index contributed by atoms with van der Waals surface area (Å²) in [6.07, 6.45) is 5.70. The van der Waals surface area contributed by atoms with Gasteiger partial charge in [-0.3, -0.25) is 4.79 Å². The fourth-order valence-corrected chi connectivity index (χ4v) is 7.46. The SMILES string of the molecule is Cc1cc(C)c(C=Cc2onc(C)c2S(=O)(=O)N2CCCC(C(=O)N3CCc4ccccc43)C2)c(C)c1. The van der Waals surface area contributed by atoms with Gasteiger partial charge in [-0.05, 0) is 81.4 Å². The fraction of sp³-hybridized carbons (Fsp3) is 0.379. The molecule has 0 bridgehead atoms. The average Bonchev–Trinajstić information content (AvgIpc) is 3.47. The monoisotopic (exact) mass is 519 g/mol. The highest BCUT2D eigenvalue weighted by Gasteiger charge is 2.39. The molecule has 1 unspecified atom stereocenters. The maximum atomic E-state index is 13.8. The zero-order chi connectivity index (χ0) is 26.3. The van der Waals surface area contributed by atoms with E-state index in [-0.39, 0.29) is 29.0 Å². The molecule has 0 spiro atoms. The molecule has 0 saturated carbocycles. The van der Waals surface area contributed by atoms with E-state index in [0.29, 0.717) is 31.6 Å². The van der Waals surface area contributed by atoms with Crippen molar-refractivity contribution in [1.29, 1.82) is 0 Å². The standard InChI is InChI=1S/C29H33N3O4S/c1-19-16-20(2)25(21(3)17-19)11-12-27-28(22(4)30-36-27)37(34,35)31-14-7-9-24(18-31)29(33)32-15-13-23-8-5-6-10-26(23)32/h5-6,8,10-12,16-17,24H,7,9,13-15,18H2,1-4H3. The third kappa shape index (κ3) is 4.76. The lowest BCUT2D eigenvalue weighted by molar-refractivity contribution is -0.123. The van der Waals surface area contributed by atoms with Gasteiger partial charge >= 0.3 is 0 Å². The van der Waals surface area contributed by atoms with Crippen LogP contribution in [0, 0.1) is 33.6 Å². The van der Waals surface area contributed by atoms with Crippen molar-refractivity contribution in [2.24, 2.45) is 5.92 Å². The number of aromatic nitrogens is 1. The van der Waals surface area contributed by atoms with Gasteiger partial charge in [-0.1, -0.05) is 47.1 Å². The van der Waals surface area contributed by atoms with Crippen molar-refractivity contribution in [2.45, 2.75) is 51.9 Å². The lowest BCUT2D eigenvalue weighted by atomic mass is 9.98. The predicted octanol–water partition coefficient (Wildman–Crippen LogP) is 5.07. The van der Waals surface area contributed by atoms with Crippen molar-refractivity contribution in [3.63, 3.8) is 0 Å². The Morgan fingerprint density at radius 1 is 1.05 bits per heavy atom. The molecule has 0 aliphatic carbocycles. The van der Waals surface area contributed by atoms with E-state index in [0.717, 1.165) is 34.4 Å². The minimum absolute atomic E-state index is 0.00247. The van der Waals surface area contributed by atoms with Gasteiger partial charge in [0.1, 0.15) is 5.69 Å². The Hall–Kier alpha value is -3.23. The topological polar surface area (TPSA) is 83.7 Å². The molecule has 1 saturated heterocycles. The highest BCUT2D eigenvalue weighted by atomic mass is 32.2. The van der Waals surface area contributed by atoms with Crippen LogP contribution < -0.4 is 4.90 Å². The van der Waals surface area contributed by atoms with Gasteiger partial charge in [0.2, 0.25) is 15.9 Å². The smallest absolute Gasteiger partial charge is 0.248 e. The van der Waals surface area contributed by atoms with Crippen LogP contribution in [0.25, 0.3) is 12.2 Å². The summed E-state index contributed by atoms with van der Waals surface area (Å²) in [6, 6.07) is 12.1. The summed E-state index contributed by atoms with van der Waals surface area (Å²) in [7, 11) is -3.91. The summed E-state index contributed by atoms with van der Waals surface area (Å²) < 4.78 is 34.6. The van der Waals surface area contributed by atoms with E-state index in [4.69, 9.17) is 4.52 Å². The largest absolute Gasteiger partial charge is 0.355 e. The molecule has 5 rings (SSSR count). The first-order valence-corrected chi connectivity index (χ1v) is 14.2. The molecule has 3 heterocycles. The number of aryl methyl sites for hydroxylation is 4. The molecule has 0 N–H and O–H groups in total. The lowest BCUT2D eigenvalue weighted by Gasteiger charge is -2.33. The second-order valence-electron chi connectivity index (χ2n) is 10.2. The lowest BCUT2D eigenvalue weighted by Crippen LogP contribution is -2.46. The van der Waals surface area contributed by atoms with E-state index < -0.39 is 10.0 Å². The Morgan fingerprint density at radius 2 is 1.78 bits per heavy atom. The molecular weight excluding hydrogens is 486 g/mol. The number of hydrogen-bond donors (Lipinski definition) is 0. The quantitative estimate of drug-likeness (QED) is 0.470. The number of anilines is 1. The Balaban J connectivity index is 1.39. The zero-order valence-electron chi connectivity index (χ0n) is 21.8. The van der Waals surface area contributed by atoms with Crippen molar-refractivity contribution in [3.8, 4) is 0 Å². The van der Waals surface area contributed by atoms with Gasteiger partial charge in [0, 0.05) is 25.3 Å². The van der Waals surface area contributed by atoms with Crippen LogP contribution in [0.5, 0.6) is 0 Å². The van der Waals surface area contributed by atoms with Crippen molar-refractivity contribution >= 4 is 33.8 Å². The molecule has 194 valence electrons. The molecule has 8 heteroatoms. The highest BCUT2D eigenvalue weighted by Crippen LogP contribution is 2.33. The minimum Gasteiger partial charge on any atom is -0.355 e. The van der Waals surface area contributed by atoms with Gasteiger partial charge in [0.15, 0.2) is 10.7 Å². The van der Waals surface area contributed by atoms with Gasteiger partial charge < -0.3 is 9.42 Å². The maximum absolute atomic E-state index is 13.8. The van der Waals surface area contributed by atoms with E-state index in [1.807, 2.05) is 49.1 Å². The van der Waals surface area contributed by atoms with E-state index >= 15 is 0 Å². The van der Waals surface area contributed by atoms with Crippen LogP contribution in [0.1, 0.15) is 52.1 Å². The number of nitrogens with zero attached hydrogens (tertiary/aromatic N) is 3. The summed E-state index contributed by atoms with van der Waals surface area (Å²) in [5.74, 6) is -0.178. The summed E-state index contributed by atoms with van der Waals surface area (Å²) in [5.41, 5.74) is 6.84. The second kappa shape index (κ2) is 9.91. The van der Waals surface area contributed by atoms with E-state index in [1.54, 1.807) is 13.0 Å². The van der Waals surface area contributed by atoms with Gasteiger partial charge in [0.25, 0.3) is 0 Å². The summed E-state index contributed by atoms with van der Waals surface area (Å²) in [4.78, 5) is 15.4. The van der Waals surface area contributed by atoms with Crippen LogP contribution in [0.4, 0.5) is 5.69 Å². The van der Waals surface area contributed by atoms with Gasteiger partial charge in [0.05, 0.1) is 5.92 Å². The Labute approximate surface area is 218 Å². The van der Waals surface area contributed by atoms with Crippen molar-refractivity contribution in [2.75, 3.05) is 24.5 Å². The van der Waals surface area contributed by atoms with Crippen LogP contribution in [-0.2, 0) is 21.2 Å². The molecule has 1 atom stereocenters. The first-order chi connectivity index (χ1) is 17.7. The number of benzene rings is 2. The number of carbonyl (C=O) groups is 1. The summed E-state index contributed by atoms with van der Waals surface area (Å²) in [5, 5.41) is 3.98. The number of amides is 1. The molecule has 1 aromatic heterocycles. The summed E-state index contributed by atoms with van der Waals surface area (Å²) in [6.45, 7) is 8.93. The summed E-state index contributed by atoms with van der Waals surface area (Å²) >= 11 is 0. The predicted molar refractivity (Wildman–Crippen MR) is 145 cm³/mol. The first-order valence-electron chi connectivity index (χ1n) is 12.8. The second-order valence-corrected chi connectivity index (χ2v) is 12.1. The number of hydrogen-bond acceptors (Lipinski definition) is 5. The van der Waals surface area contributed by atoms with Crippen LogP contribution >= 0.6 is 0 Å². The normalized spacial score (nSPS) is 18.5. The van der Waals surface area contributed by atoms with E-state index in [9.17, 15) is 13.2 Å². The molecule has 7 nitrogen and oxygen atoms in total. The molecule has 2 aromatic carbocycles. The van der Waals surface area contributed by atoms with Crippen molar-refractivity contribution < 1.29 is 17.7 Å². The first kappa shape index (κ1) is 25.4. The van der Waals surface area contributed by atoms with Crippen molar-refractivity contribution in [3.05, 3.63) is 75.7 Å². The number of rotatable bonds is 5. The molecule has 0 radical (unpaired) electrons. The van der Waals surface area contributed by atoms with Crippen LogP contribution in [-0.4, -0.2) is 43.4 Å². The Bertz CT molecular complexity index is 1470. The molecular formula is C29H33N3O4S. The van der Waals surface area contributed by atoms with Crippen molar-refractivity contribution in [1.82, 2.24) is 9.46 Å². The molecule has 2 aliphatic rings. The molecule has 1 amide bonds. The Kier molecular flexibility index (Phi) is 6.81. The average molecular weight is 520 g/mol. The highest BCUT2D eigenvalue weighted by molar-refractivity contribution is 7.89. The third-order valence-corrected chi connectivity index (χ3v) is 9.48. The van der Waals surface area contributed by atoms with E-state index in [1.165, 1.54) is 9.87 Å². The fourth-order valence-electron chi connectivity index (χ4n) is 5.69. The number of piperidine rings is 1. The van der Waals surface area contributed by atoms with Gasteiger partial charge in [-0.2, -0.15) is 4.31 Å². The minimum atomic E-state index is -3.91. The number of para-hydroxylation sites is 1. The number of sulfonamides is 1. The molecule has 1 fully saturated rings. The maximum Gasteiger partial charge on any atom is 0.248 e. The van der Waals surface area contributed by atoms with Gasteiger partial charge in [-0.25, -0.2) is 8.42 Å². The van der Waals surface area contributed by atoms with E-state index in [2.05, 4.69) is 24.2 Å². The number of fused-ring (bicyclic) bond motifs is 1. The van der Waals surface area contributed by atoms with Gasteiger partial charge in [-0.15, -0.1) is 0 Å². The third-order valence-electron chi connectivity index (χ3n) is 7.46. The number of carbonyl (C=O) groups excluding carboxylic acids is 1. The Morgan fingerprint density at radius 3 is 2.54 bits per heavy atom. The van der Waals surface area contributed by atoms with Crippen LogP contribution in [0.15, 0.2) is 45.8 Å². The molecule has 2 aliphatic heterocycles. The zero-order valence-corrected chi connectivity index (χ0v) is 22.6. The van der Waals surface area contributed by atoms with Crippen LogP contribution in [0.3, 0.4) is 0 Å².